The quantitative estimate of drug-likeness (QED) is 0.624. The van der Waals surface area contributed by atoms with Gasteiger partial charge in [0.2, 0.25) is 5.95 Å². The van der Waals surface area contributed by atoms with Crippen LogP contribution in [0.15, 0.2) is 30.6 Å². The molecule has 2 aliphatic rings. The lowest BCUT2D eigenvalue weighted by molar-refractivity contribution is 0.00765. The summed E-state index contributed by atoms with van der Waals surface area (Å²) in [6.07, 6.45) is 4.22. The maximum Gasteiger partial charge on any atom is 0.256 e. The molecule has 0 aliphatic carbocycles. The molecule has 0 bridgehead atoms. The summed E-state index contributed by atoms with van der Waals surface area (Å²) >= 11 is 0. The van der Waals surface area contributed by atoms with E-state index in [1.807, 2.05) is 25.7 Å². The standard InChI is InChI=1S/C23H27N7O2/c1-14-15(2)26-23(27-16(14)3)28-10-7-17-12-29(21(17)13-28)22(31)19-6-5-18(32-4)11-20(19)30-24-8-9-25-30/h5-6,8-9,11,17,21H,7,10,12-13H2,1-4H3/t17-,21-/m1/s1. The van der Waals surface area contributed by atoms with E-state index in [-0.39, 0.29) is 11.9 Å². The number of aromatic nitrogens is 5. The Hall–Kier alpha value is -3.49. The highest BCUT2D eigenvalue weighted by Gasteiger charge is 2.46. The van der Waals surface area contributed by atoms with Crippen LogP contribution in [0.2, 0.25) is 0 Å². The number of hydrogen-bond donors (Lipinski definition) is 0. The van der Waals surface area contributed by atoms with Crippen LogP contribution < -0.4 is 9.64 Å². The molecule has 1 aromatic carbocycles. The highest BCUT2D eigenvalue weighted by molar-refractivity contribution is 5.98. The van der Waals surface area contributed by atoms with E-state index in [0.717, 1.165) is 49.0 Å². The van der Waals surface area contributed by atoms with Crippen LogP contribution >= 0.6 is 0 Å². The normalized spacial score (nSPS) is 20.0. The fraction of sp³-hybridized carbons (Fsp3) is 0.435. The zero-order chi connectivity index (χ0) is 22.4. The topological polar surface area (TPSA) is 89.3 Å². The van der Waals surface area contributed by atoms with Gasteiger partial charge >= 0.3 is 0 Å². The summed E-state index contributed by atoms with van der Waals surface area (Å²) in [5.74, 6) is 1.91. The lowest BCUT2D eigenvalue weighted by Gasteiger charge is -2.53. The Morgan fingerprint density at radius 3 is 2.47 bits per heavy atom. The highest BCUT2D eigenvalue weighted by atomic mass is 16.5. The second kappa shape index (κ2) is 7.89. The third-order valence-electron chi connectivity index (χ3n) is 6.79. The minimum atomic E-state index is -0.0137. The Kier molecular flexibility index (Phi) is 5.03. The van der Waals surface area contributed by atoms with Crippen molar-refractivity contribution in [2.24, 2.45) is 5.92 Å². The van der Waals surface area contributed by atoms with E-state index in [2.05, 4.69) is 15.1 Å². The van der Waals surface area contributed by atoms with Gasteiger partial charge in [0.05, 0.1) is 31.1 Å². The number of fused-ring (bicyclic) bond motifs is 1. The SMILES string of the molecule is COc1ccc(C(=O)N2C[C@H]3CCN(c4nc(C)c(C)c(C)n4)C[C@H]32)c(-n2nccn2)c1. The Balaban J connectivity index is 1.40. The van der Waals surface area contributed by atoms with Crippen molar-refractivity contribution >= 4 is 11.9 Å². The largest absolute Gasteiger partial charge is 0.497 e. The van der Waals surface area contributed by atoms with Gasteiger partial charge in [0, 0.05) is 43.0 Å². The minimum absolute atomic E-state index is 0.0137. The average Bonchev–Trinajstić information content (AvgIpc) is 3.32. The van der Waals surface area contributed by atoms with E-state index in [1.165, 1.54) is 4.80 Å². The summed E-state index contributed by atoms with van der Waals surface area (Å²) in [7, 11) is 1.60. The number of methoxy groups -OCH3 is 1. The fourth-order valence-corrected chi connectivity index (χ4v) is 4.59. The number of nitrogens with zero attached hydrogens (tertiary/aromatic N) is 7. The van der Waals surface area contributed by atoms with E-state index in [9.17, 15) is 4.79 Å². The van der Waals surface area contributed by atoms with Crippen molar-refractivity contribution in [3.63, 3.8) is 0 Å². The summed E-state index contributed by atoms with van der Waals surface area (Å²) < 4.78 is 5.35. The highest BCUT2D eigenvalue weighted by Crippen LogP contribution is 2.36. The Morgan fingerprint density at radius 1 is 1.06 bits per heavy atom. The Labute approximate surface area is 187 Å². The second-order valence-corrected chi connectivity index (χ2v) is 8.54. The molecule has 0 N–H and O–H groups in total. The lowest BCUT2D eigenvalue weighted by atomic mass is 9.81. The number of rotatable bonds is 4. The predicted molar refractivity (Wildman–Crippen MR) is 119 cm³/mol. The average molecular weight is 434 g/mol. The first-order chi connectivity index (χ1) is 15.5. The molecular formula is C23H27N7O2. The van der Waals surface area contributed by atoms with Crippen molar-refractivity contribution in [3.8, 4) is 11.4 Å². The molecule has 2 aromatic heterocycles. The molecule has 9 heteroatoms. The maximum absolute atomic E-state index is 13.6. The van der Waals surface area contributed by atoms with Crippen LogP contribution in [0.3, 0.4) is 0 Å². The maximum atomic E-state index is 13.6. The molecule has 2 aliphatic heterocycles. The van der Waals surface area contributed by atoms with E-state index >= 15 is 0 Å². The van der Waals surface area contributed by atoms with Gasteiger partial charge in [-0.1, -0.05) is 0 Å². The van der Waals surface area contributed by atoms with Crippen LogP contribution in [0.4, 0.5) is 5.95 Å². The van der Waals surface area contributed by atoms with Crippen LogP contribution in [-0.4, -0.2) is 68.6 Å². The monoisotopic (exact) mass is 433 g/mol. The van der Waals surface area contributed by atoms with E-state index in [0.29, 0.717) is 22.9 Å². The smallest absolute Gasteiger partial charge is 0.256 e. The molecule has 2 fully saturated rings. The molecule has 3 aromatic rings. The zero-order valence-electron chi connectivity index (χ0n) is 18.8. The van der Waals surface area contributed by atoms with Gasteiger partial charge in [0.1, 0.15) is 11.4 Å². The fourth-order valence-electron chi connectivity index (χ4n) is 4.59. The van der Waals surface area contributed by atoms with Crippen LogP contribution in [0.1, 0.15) is 33.7 Å². The third kappa shape index (κ3) is 3.37. The van der Waals surface area contributed by atoms with Crippen molar-refractivity contribution in [2.45, 2.75) is 33.2 Å². The number of ether oxygens (including phenoxy) is 1. The molecule has 4 heterocycles. The molecule has 0 radical (unpaired) electrons. The van der Waals surface area contributed by atoms with Crippen molar-refractivity contribution in [3.05, 3.63) is 53.1 Å². The van der Waals surface area contributed by atoms with E-state index in [4.69, 9.17) is 14.7 Å². The number of benzene rings is 1. The van der Waals surface area contributed by atoms with Crippen LogP contribution in [0.25, 0.3) is 5.69 Å². The van der Waals surface area contributed by atoms with Crippen molar-refractivity contribution < 1.29 is 9.53 Å². The number of piperidine rings is 1. The summed E-state index contributed by atoms with van der Waals surface area (Å²) in [6, 6.07) is 5.53. The number of likely N-dealkylation sites (tertiary alicyclic amines) is 1. The summed E-state index contributed by atoms with van der Waals surface area (Å²) in [4.78, 5) is 28.6. The minimum Gasteiger partial charge on any atom is -0.497 e. The lowest BCUT2D eigenvalue weighted by Crippen LogP contribution is -2.66. The van der Waals surface area contributed by atoms with Crippen LogP contribution in [0, 0.1) is 26.7 Å². The van der Waals surface area contributed by atoms with Gasteiger partial charge in [0.25, 0.3) is 5.91 Å². The molecule has 2 saturated heterocycles. The van der Waals surface area contributed by atoms with Crippen LogP contribution in [-0.2, 0) is 0 Å². The molecule has 0 spiro atoms. The molecule has 32 heavy (non-hydrogen) atoms. The second-order valence-electron chi connectivity index (χ2n) is 8.54. The number of hydrogen-bond acceptors (Lipinski definition) is 7. The first kappa shape index (κ1) is 20.4. The van der Waals surface area contributed by atoms with Gasteiger partial charge in [-0.05, 0) is 44.9 Å². The summed E-state index contributed by atoms with van der Waals surface area (Å²) in [5.41, 5.74) is 4.32. The zero-order valence-corrected chi connectivity index (χ0v) is 18.8. The number of carbonyl (C=O) groups excluding carboxylic acids is 1. The van der Waals surface area contributed by atoms with Gasteiger partial charge in [-0.2, -0.15) is 15.0 Å². The van der Waals surface area contributed by atoms with Crippen LogP contribution in [0.5, 0.6) is 5.75 Å². The molecule has 2 atom stereocenters. The van der Waals surface area contributed by atoms with Gasteiger partial charge in [-0.25, -0.2) is 9.97 Å². The molecular weight excluding hydrogens is 406 g/mol. The van der Waals surface area contributed by atoms with E-state index in [1.54, 1.807) is 37.7 Å². The van der Waals surface area contributed by atoms with Gasteiger partial charge in [-0.3, -0.25) is 4.79 Å². The number of anilines is 1. The first-order valence-electron chi connectivity index (χ1n) is 10.9. The number of carbonyl (C=O) groups is 1. The van der Waals surface area contributed by atoms with Gasteiger partial charge in [-0.15, -0.1) is 0 Å². The molecule has 1 amide bonds. The van der Waals surface area contributed by atoms with E-state index < -0.39 is 0 Å². The molecule has 166 valence electrons. The van der Waals surface area contributed by atoms with Crippen molar-refractivity contribution in [2.75, 3.05) is 31.6 Å². The molecule has 0 saturated carbocycles. The molecule has 5 rings (SSSR count). The van der Waals surface area contributed by atoms with Gasteiger partial charge < -0.3 is 14.5 Å². The first-order valence-corrected chi connectivity index (χ1v) is 10.9. The number of aryl methyl sites for hydroxylation is 2. The molecule has 0 unspecified atom stereocenters. The summed E-state index contributed by atoms with van der Waals surface area (Å²) in [6.45, 7) is 8.51. The Morgan fingerprint density at radius 2 is 1.78 bits per heavy atom. The van der Waals surface area contributed by atoms with Gasteiger partial charge in [0.15, 0.2) is 0 Å². The predicted octanol–water partition coefficient (Wildman–Crippen LogP) is 2.34. The van der Waals surface area contributed by atoms with Crippen molar-refractivity contribution in [1.29, 1.82) is 0 Å². The Bertz CT molecular complexity index is 1140. The number of amides is 1. The molecule has 9 nitrogen and oxygen atoms in total. The van der Waals surface area contributed by atoms with Crippen molar-refractivity contribution in [1.82, 2.24) is 29.9 Å². The third-order valence-corrected chi connectivity index (χ3v) is 6.79. The summed E-state index contributed by atoms with van der Waals surface area (Å²) in [5, 5.41) is 8.44.